The normalized spacial score (nSPS) is 12.9. The second-order valence-corrected chi connectivity index (χ2v) is 8.79. The largest absolute Gasteiger partial charge is 0.361 e. The summed E-state index contributed by atoms with van der Waals surface area (Å²) in [5.74, 6) is -3.81. The van der Waals surface area contributed by atoms with Crippen molar-refractivity contribution in [2.45, 2.75) is 25.8 Å². The number of aromatic nitrogens is 1. The van der Waals surface area contributed by atoms with E-state index >= 15 is 0 Å². The van der Waals surface area contributed by atoms with Gasteiger partial charge in [0.05, 0.1) is 0 Å². The van der Waals surface area contributed by atoms with Crippen molar-refractivity contribution >= 4 is 22.7 Å². The summed E-state index contributed by atoms with van der Waals surface area (Å²) in [6, 6.07) is 20.0. The van der Waals surface area contributed by atoms with E-state index in [2.05, 4.69) is 15.6 Å². The molecule has 1 unspecified atom stereocenters. The topological polar surface area (TPSA) is 74.0 Å². The van der Waals surface area contributed by atoms with Gasteiger partial charge in [0.2, 0.25) is 5.91 Å². The second kappa shape index (κ2) is 10.5. The summed E-state index contributed by atoms with van der Waals surface area (Å²) < 4.78 is 28.2. The van der Waals surface area contributed by atoms with Crippen molar-refractivity contribution in [3.05, 3.63) is 107 Å². The van der Waals surface area contributed by atoms with Gasteiger partial charge in [-0.25, -0.2) is 8.78 Å². The van der Waals surface area contributed by atoms with Gasteiger partial charge >= 0.3 is 0 Å². The maximum Gasteiger partial charge on any atom is 0.257 e. The van der Waals surface area contributed by atoms with Crippen LogP contribution in [0.2, 0.25) is 0 Å². The molecule has 2 amide bonds. The number of hydrogen-bond donors (Lipinski definition) is 3. The lowest BCUT2D eigenvalue weighted by atomic mass is 9.90. The van der Waals surface area contributed by atoms with E-state index in [4.69, 9.17) is 0 Å². The highest BCUT2D eigenvalue weighted by atomic mass is 19.1. The summed E-state index contributed by atoms with van der Waals surface area (Å²) in [4.78, 5) is 29.1. The molecule has 180 valence electrons. The fraction of sp³-hybridized carbons (Fsp3) is 0.214. The zero-order valence-electron chi connectivity index (χ0n) is 19.5. The molecule has 0 aliphatic heterocycles. The fourth-order valence-corrected chi connectivity index (χ4v) is 4.25. The third-order valence-electron chi connectivity index (χ3n) is 6.10. The van der Waals surface area contributed by atoms with E-state index in [1.807, 2.05) is 60.8 Å². The van der Waals surface area contributed by atoms with E-state index in [1.54, 1.807) is 13.8 Å². The molecule has 1 heterocycles. The number of carbonyl (C=O) groups is 2. The summed E-state index contributed by atoms with van der Waals surface area (Å²) >= 11 is 0. The van der Waals surface area contributed by atoms with Gasteiger partial charge < -0.3 is 15.6 Å². The minimum Gasteiger partial charge on any atom is -0.361 e. The number of nitrogens with one attached hydrogen (secondary N) is 3. The number of H-pyrrole nitrogens is 1. The van der Waals surface area contributed by atoms with Crippen LogP contribution in [0.15, 0.2) is 79.0 Å². The highest BCUT2D eigenvalue weighted by Crippen LogP contribution is 2.30. The van der Waals surface area contributed by atoms with Crippen LogP contribution in [0.25, 0.3) is 10.9 Å². The molecule has 5 nitrogen and oxygen atoms in total. The van der Waals surface area contributed by atoms with Crippen molar-refractivity contribution in [2.24, 2.45) is 5.92 Å². The monoisotopic (exact) mass is 475 g/mol. The van der Waals surface area contributed by atoms with E-state index in [9.17, 15) is 18.4 Å². The Hall–Kier alpha value is -4.00. The molecular weight excluding hydrogens is 448 g/mol. The minimum atomic E-state index is -0.978. The van der Waals surface area contributed by atoms with Crippen molar-refractivity contribution in [3.8, 4) is 0 Å². The molecule has 0 saturated carbocycles. The highest BCUT2D eigenvalue weighted by Gasteiger charge is 2.28. The molecule has 0 spiro atoms. The molecule has 0 saturated heterocycles. The van der Waals surface area contributed by atoms with E-state index in [1.165, 1.54) is 6.07 Å². The number of fused-ring (bicyclic) bond motifs is 1. The molecular formula is C28H27F2N3O2. The first kappa shape index (κ1) is 24.1. The zero-order valence-corrected chi connectivity index (χ0v) is 19.5. The van der Waals surface area contributed by atoms with Crippen molar-refractivity contribution < 1.29 is 18.4 Å². The zero-order chi connectivity index (χ0) is 24.9. The van der Waals surface area contributed by atoms with Gasteiger partial charge in [-0.1, -0.05) is 68.4 Å². The van der Waals surface area contributed by atoms with Gasteiger partial charge in [-0.2, -0.15) is 0 Å². The third-order valence-corrected chi connectivity index (χ3v) is 6.10. The molecule has 35 heavy (non-hydrogen) atoms. The Morgan fingerprint density at radius 3 is 2.23 bits per heavy atom. The molecule has 4 rings (SSSR count). The second-order valence-electron chi connectivity index (χ2n) is 8.79. The van der Waals surface area contributed by atoms with E-state index < -0.39 is 35.1 Å². The van der Waals surface area contributed by atoms with Gasteiger partial charge in [-0.3, -0.25) is 9.59 Å². The van der Waals surface area contributed by atoms with Crippen molar-refractivity contribution in [1.82, 2.24) is 15.6 Å². The number of para-hydroxylation sites is 1. The molecule has 0 aliphatic carbocycles. The number of halogens is 2. The first-order valence-corrected chi connectivity index (χ1v) is 11.5. The summed E-state index contributed by atoms with van der Waals surface area (Å²) in [6.45, 7) is 3.80. The Bertz CT molecular complexity index is 1310. The molecule has 4 aromatic rings. The smallest absolute Gasteiger partial charge is 0.257 e. The molecule has 0 fully saturated rings. The van der Waals surface area contributed by atoms with E-state index in [-0.39, 0.29) is 18.4 Å². The maximum absolute atomic E-state index is 14.1. The number of carbonyl (C=O) groups excluding carboxylic acids is 2. The number of benzene rings is 3. The van der Waals surface area contributed by atoms with Crippen LogP contribution in [0.3, 0.4) is 0 Å². The van der Waals surface area contributed by atoms with Crippen LogP contribution in [0.4, 0.5) is 8.78 Å². The van der Waals surface area contributed by atoms with Gasteiger partial charge in [0.1, 0.15) is 23.2 Å². The molecule has 3 N–H and O–H groups in total. The Morgan fingerprint density at radius 1 is 0.886 bits per heavy atom. The van der Waals surface area contributed by atoms with Crippen LogP contribution in [0.5, 0.6) is 0 Å². The quantitative estimate of drug-likeness (QED) is 0.330. The van der Waals surface area contributed by atoms with E-state index in [0.717, 1.165) is 34.2 Å². The van der Waals surface area contributed by atoms with Crippen LogP contribution < -0.4 is 10.6 Å². The Balaban J connectivity index is 1.55. The highest BCUT2D eigenvalue weighted by molar-refractivity contribution is 5.98. The van der Waals surface area contributed by atoms with Crippen molar-refractivity contribution in [3.63, 3.8) is 0 Å². The van der Waals surface area contributed by atoms with Crippen molar-refractivity contribution in [2.75, 3.05) is 6.54 Å². The number of aromatic amines is 1. The predicted octanol–water partition coefficient (Wildman–Crippen LogP) is 5.15. The first-order valence-electron chi connectivity index (χ1n) is 11.5. The standard InChI is InChI=1S/C28H27F2N3O2/c1-17(2)26(33-27(34)25-22(29)12-8-13-23(25)30)28(35)32-15-20(18-9-4-3-5-10-18)21-16-31-24-14-7-6-11-19(21)24/h3-14,16-17,20,26,31H,15H2,1-2H3,(H,32,35)(H,33,34)/t20?,26-/m0/s1. The lowest BCUT2D eigenvalue weighted by molar-refractivity contribution is -0.123. The predicted molar refractivity (Wildman–Crippen MR) is 132 cm³/mol. The van der Waals surface area contributed by atoms with Gasteiger partial charge in [-0.05, 0) is 35.2 Å². The van der Waals surface area contributed by atoms with Crippen LogP contribution >= 0.6 is 0 Å². The lowest BCUT2D eigenvalue weighted by Gasteiger charge is -2.24. The molecule has 0 radical (unpaired) electrons. The number of rotatable bonds is 8. The van der Waals surface area contributed by atoms with Crippen LogP contribution in [-0.4, -0.2) is 29.4 Å². The van der Waals surface area contributed by atoms with Gasteiger partial charge in [0.25, 0.3) is 5.91 Å². The molecule has 0 bridgehead atoms. The summed E-state index contributed by atoms with van der Waals surface area (Å²) in [5, 5.41) is 6.51. The summed E-state index contributed by atoms with van der Waals surface area (Å²) in [5.41, 5.74) is 2.35. The molecule has 0 aliphatic rings. The van der Waals surface area contributed by atoms with Gasteiger partial charge in [-0.15, -0.1) is 0 Å². The molecule has 3 aromatic carbocycles. The number of amides is 2. The SMILES string of the molecule is CC(C)[C@H](NC(=O)c1c(F)cccc1F)C(=O)NCC(c1ccccc1)c1c[nH]c2ccccc12. The Morgan fingerprint density at radius 2 is 1.54 bits per heavy atom. The van der Waals surface area contributed by atoms with Crippen LogP contribution in [0, 0.1) is 17.6 Å². The minimum absolute atomic E-state index is 0.149. The number of hydrogen-bond acceptors (Lipinski definition) is 2. The summed E-state index contributed by atoms with van der Waals surface area (Å²) in [6.07, 6.45) is 1.94. The molecule has 7 heteroatoms. The summed E-state index contributed by atoms with van der Waals surface area (Å²) in [7, 11) is 0. The van der Waals surface area contributed by atoms with Gasteiger partial charge in [0.15, 0.2) is 0 Å². The van der Waals surface area contributed by atoms with E-state index in [0.29, 0.717) is 0 Å². The lowest BCUT2D eigenvalue weighted by Crippen LogP contribution is -2.50. The van der Waals surface area contributed by atoms with Crippen LogP contribution in [0.1, 0.15) is 41.3 Å². The Labute approximate surface area is 202 Å². The Kier molecular flexibility index (Phi) is 7.25. The maximum atomic E-state index is 14.1. The average Bonchev–Trinajstić information content (AvgIpc) is 3.27. The third kappa shape index (κ3) is 5.24. The average molecular weight is 476 g/mol. The van der Waals surface area contributed by atoms with Crippen LogP contribution in [-0.2, 0) is 4.79 Å². The fourth-order valence-electron chi connectivity index (χ4n) is 4.25. The van der Waals surface area contributed by atoms with Gasteiger partial charge in [0, 0.05) is 29.6 Å². The first-order chi connectivity index (χ1) is 16.9. The van der Waals surface area contributed by atoms with Crippen molar-refractivity contribution in [1.29, 1.82) is 0 Å². The molecule has 1 aromatic heterocycles. The molecule has 2 atom stereocenters.